The van der Waals surface area contributed by atoms with Crippen molar-refractivity contribution >= 4 is 110 Å². The zero-order chi connectivity index (χ0) is 26.0. The van der Waals surface area contributed by atoms with Crippen LogP contribution < -0.4 is 0 Å². The molecule has 0 saturated carbocycles. The first kappa shape index (κ1) is 43.0. The van der Waals surface area contributed by atoms with Crippen LogP contribution in [0.4, 0.5) is 0 Å². The van der Waals surface area contributed by atoms with E-state index in [4.69, 9.17) is 66.5 Å². The van der Waals surface area contributed by atoms with Crippen molar-refractivity contribution in [3.63, 3.8) is 0 Å². The van der Waals surface area contributed by atoms with Crippen molar-refractivity contribution in [1.29, 1.82) is 0 Å². The SMILES string of the molecule is Cl.Cl.[CH2-]CC[Si](Cl)(Cl)Cl.[CH2-]CC[Si](Cl)(Cl)Cl.[SiH2]=[Zr].c1cc2c([cH-]1)CCCC2.c1cc2c([cH-]1)CCCC2. The molecule has 36 heavy (non-hydrogen) atoms. The van der Waals surface area contributed by atoms with Gasteiger partial charge < -0.3 is 13.8 Å². The Morgan fingerprint density at radius 2 is 0.972 bits per heavy atom. The van der Waals surface area contributed by atoms with Crippen molar-refractivity contribution in [1.82, 2.24) is 0 Å². The molecule has 2 aromatic carbocycles. The van der Waals surface area contributed by atoms with E-state index >= 15 is 0 Å². The van der Waals surface area contributed by atoms with E-state index in [1.54, 1.807) is 45.6 Å². The van der Waals surface area contributed by atoms with E-state index < -0.39 is 12.0 Å². The Hall–Kier alpha value is 2.55. The third-order valence-electron chi connectivity index (χ3n) is 5.22. The van der Waals surface area contributed by atoms with Crippen molar-refractivity contribution in [2.75, 3.05) is 0 Å². The van der Waals surface area contributed by atoms with Crippen molar-refractivity contribution in [2.45, 2.75) is 76.3 Å². The summed E-state index contributed by atoms with van der Waals surface area (Å²) in [5.74, 6) is 0. The van der Waals surface area contributed by atoms with E-state index in [1.165, 1.54) is 51.4 Å². The third kappa shape index (κ3) is 23.3. The second kappa shape index (κ2) is 25.3. The maximum absolute atomic E-state index is 5.46. The van der Waals surface area contributed by atoms with Gasteiger partial charge in [-0.05, 0) is 12.1 Å². The van der Waals surface area contributed by atoms with Crippen molar-refractivity contribution < 1.29 is 23.3 Å². The Kier molecular flexibility index (Phi) is 30.2. The standard InChI is InChI=1S/2C9H11.2C3H6Cl3Si.2ClH.H2Si.Zr/c2*1-2-5-9-7-3-6-8(9)4-1;2*1-2-3-7(4,5)6;;;;/h2*3,6-7H,1-2,4-5H2;2*1-3H2;2*1H;1H2;/q4*-1;;;;. The summed E-state index contributed by atoms with van der Waals surface area (Å²) in [5.41, 5.74) is 6.39. The Morgan fingerprint density at radius 3 is 1.19 bits per heavy atom. The van der Waals surface area contributed by atoms with Gasteiger partial charge in [-0.1, -0.05) is 51.4 Å². The molecule has 0 aliphatic heterocycles. The molecule has 0 spiro atoms. The van der Waals surface area contributed by atoms with Crippen LogP contribution in [0.2, 0.25) is 12.1 Å². The fourth-order valence-electron chi connectivity index (χ4n) is 3.63. The summed E-state index contributed by atoms with van der Waals surface area (Å²) in [5, 5.41) is 0. The van der Waals surface area contributed by atoms with Gasteiger partial charge >= 0.3 is 42.2 Å². The molecule has 0 nitrogen and oxygen atoms in total. The quantitative estimate of drug-likeness (QED) is 0.165. The fourth-order valence-corrected chi connectivity index (χ4v) is 6.83. The molecule has 0 unspecified atom stereocenters. The van der Waals surface area contributed by atoms with Gasteiger partial charge in [0.2, 0.25) is 0 Å². The van der Waals surface area contributed by atoms with Crippen molar-refractivity contribution in [2.24, 2.45) is 0 Å². The summed E-state index contributed by atoms with van der Waals surface area (Å²) < 4.78 is 0. The molecule has 0 heterocycles. The first-order chi connectivity index (χ1) is 16.1. The van der Waals surface area contributed by atoms with Crippen LogP contribution in [0, 0.1) is 13.8 Å². The van der Waals surface area contributed by atoms with Gasteiger partial charge in [-0.3, -0.25) is 0 Å². The van der Waals surface area contributed by atoms with Gasteiger partial charge in [-0.15, -0.1) is 91.3 Å². The molecule has 0 atom stereocenters. The summed E-state index contributed by atoms with van der Waals surface area (Å²) >= 11 is 34.4. The van der Waals surface area contributed by atoms with Gasteiger partial charge in [0.15, 0.2) is 0 Å². The summed E-state index contributed by atoms with van der Waals surface area (Å²) in [6.45, 7) is 9.06. The minimum absolute atomic E-state index is 0. The predicted molar refractivity (Wildman–Crippen MR) is 177 cm³/mol. The molecule has 2 aromatic rings. The number of hydrogen-bond donors (Lipinski definition) is 0. The Labute approximate surface area is 279 Å². The summed E-state index contributed by atoms with van der Waals surface area (Å²) in [7, 11) is 0. The smallest absolute Gasteiger partial charge is 0.0512 e. The Balaban J connectivity index is -0.000000391. The summed E-state index contributed by atoms with van der Waals surface area (Å²) in [6.07, 6.45) is 12.3. The molecule has 210 valence electrons. The molecule has 0 saturated heterocycles. The Morgan fingerprint density at radius 1 is 0.667 bits per heavy atom. The predicted octanol–water partition coefficient (Wildman–Crippen LogP) is 10.2. The molecule has 0 radical (unpaired) electrons. The van der Waals surface area contributed by atoms with Crippen molar-refractivity contribution in [3.05, 3.63) is 72.5 Å². The number of aryl methyl sites for hydroxylation is 4. The number of halogens is 8. The van der Waals surface area contributed by atoms with E-state index in [9.17, 15) is 0 Å². The number of rotatable bonds is 4. The molecule has 12 heteroatoms. The Bertz CT molecular complexity index is 654. The average molecular weight is 786 g/mol. The first-order valence-electron chi connectivity index (χ1n) is 11.6. The molecule has 2 aliphatic carbocycles. The average Bonchev–Trinajstić information content (AvgIpc) is 3.44. The topological polar surface area (TPSA) is 0 Å². The van der Waals surface area contributed by atoms with Crippen LogP contribution in [0.15, 0.2) is 36.4 Å². The molecule has 2 aliphatic rings. The minimum atomic E-state index is -2.30. The molecular weight excluding hydrogens is 747 g/mol. The minimum Gasteiger partial charge on any atom is -0.210 e. The largest absolute Gasteiger partial charge is 0.210 e. The van der Waals surface area contributed by atoms with Crippen LogP contribution in [0.5, 0.6) is 0 Å². The zero-order valence-corrected chi connectivity index (χ0v) is 32.7. The molecule has 0 N–H and O–H groups in total. The van der Waals surface area contributed by atoms with Gasteiger partial charge in [0, 0.05) is 0 Å². The van der Waals surface area contributed by atoms with E-state index in [-0.39, 0.29) is 24.8 Å². The van der Waals surface area contributed by atoms with Gasteiger partial charge in [-0.2, -0.15) is 59.4 Å². The number of hydrogen-bond acceptors (Lipinski definition) is 0. The summed E-state index contributed by atoms with van der Waals surface area (Å²) in [6, 6.07) is 10.1. The van der Waals surface area contributed by atoms with E-state index in [0.29, 0.717) is 12.1 Å². The molecule has 0 aromatic heterocycles. The zero-order valence-electron chi connectivity index (χ0n) is 20.7. The monoisotopic (exact) mass is 780 g/mol. The second-order valence-corrected chi connectivity index (χ2v) is 26.6. The molecule has 0 bridgehead atoms. The van der Waals surface area contributed by atoms with Gasteiger partial charge in [0.05, 0.1) is 0 Å². The van der Waals surface area contributed by atoms with E-state index in [1.807, 2.05) is 6.88 Å². The van der Waals surface area contributed by atoms with Gasteiger partial charge in [0.25, 0.3) is 0 Å². The molecular formula is C24H38Cl8Si3Zr-4. The van der Waals surface area contributed by atoms with Gasteiger partial charge in [0.1, 0.15) is 0 Å². The van der Waals surface area contributed by atoms with Crippen LogP contribution in [0.25, 0.3) is 0 Å². The maximum atomic E-state index is 5.46. The molecule has 4 rings (SSSR count). The van der Waals surface area contributed by atoms with Crippen molar-refractivity contribution in [3.8, 4) is 0 Å². The fraction of sp³-hybridized carbons (Fsp3) is 0.500. The number of fused-ring (bicyclic) bond motifs is 2. The van der Waals surface area contributed by atoms with Crippen LogP contribution in [-0.4, -0.2) is 18.9 Å². The van der Waals surface area contributed by atoms with Crippen LogP contribution in [-0.2, 0) is 49.0 Å². The third-order valence-corrected chi connectivity index (χ3v) is 10.5. The molecule has 0 fully saturated rings. The second-order valence-electron chi connectivity index (χ2n) is 8.00. The van der Waals surface area contributed by atoms with Crippen LogP contribution in [0.3, 0.4) is 0 Å². The maximum Gasteiger partial charge on any atom is -0.0512 e. The van der Waals surface area contributed by atoms with Crippen LogP contribution in [0.1, 0.15) is 60.8 Å². The first-order valence-corrected chi connectivity index (χ1v) is 28.0. The molecule has 0 amide bonds. The van der Waals surface area contributed by atoms with E-state index in [2.05, 4.69) is 50.2 Å². The van der Waals surface area contributed by atoms with Crippen LogP contribution >= 0.6 is 91.3 Å². The van der Waals surface area contributed by atoms with E-state index in [0.717, 1.165) is 12.8 Å². The summed E-state index contributed by atoms with van der Waals surface area (Å²) in [4.78, 5) is 0. The normalized spacial score (nSPS) is 13.4. The van der Waals surface area contributed by atoms with Gasteiger partial charge in [-0.25, -0.2) is 12.1 Å².